The van der Waals surface area contributed by atoms with Crippen molar-refractivity contribution in [2.24, 2.45) is 0 Å². The van der Waals surface area contributed by atoms with Crippen LogP contribution in [0.3, 0.4) is 0 Å². The van der Waals surface area contributed by atoms with Crippen LogP contribution in [0, 0.1) is 6.92 Å². The van der Waals surface area contributed by atoms with E-state index in [2.05, 4.69) is 15.5 Å². The molecule has 2 rings (SSSR count). The molecule has 2 N–H and O–H groups in total. The Kier molecular flexibility index (Phi) is 3.16. The Morgan fingerprint density at radius 1 is 1.38 bits per heavy atom. The molecule has 16 heavy (non-hydrogen) atoms. The van der Waals surface area contributed by atoms with Crippen LogP contribution in [0.2, 0.25) is 0 Å². The van der Waals surface area contributed by atoms with Crippen molar-refractivity contribution >= 4 is 0 Å². The molecule has 5 nitrogen and oxygen atoms in total. The molecule has 0 bridgehead atoms. The van der Waals surface area contributed by atoms with Crippen molar-refractivity contribution in [1.29, 1.82) is 0 Å². The number of hydrogen-bond acceptors (Lipinski definition) is 5. The van der Waals surface area contributed by atoms with Gasteiger partial charge in [-0.25, -0.2) is 0 Å². The van der Waals surface area contributed by atoms with Crippen molar-refractivity contribution in [2.75, 3.05) is 0 Å². The molecule has 1 heterocycles. The molecule has 2 aromatic rings. The van der Waals surface area contributed by atoms with Gasteiger partial charge in [0.2, 0.25) is 5.89 Å². The highest BCUT2D eigenvalue weighted by molar-refractivity contribution is 5.26. The van der Waals surface area contributed by atoms with E-state index < -0.39 is 0 Å². The van der Waals surface area contributed by atoms with Gasteiger partial charge in [0.1, 0.15) is 5.75 Å². The van der Waals surface area contributed by atoms with Gasteiger partial charge in [-0.1, -0.05) is 17.3 Å². The minimum absolute atomic E-state index is 0.273. The third-order valence-electron chi connectivity index (χ3n) is 2.09. The largest absolute Gasteiger partial charge is 0.508 e. The molecule has 5 heteroatoms. The summed E-state index contributed by atoms with van der Waals surface area (Å²) in [5, 5.41) is 16.2. The zero-order valence-corrected chi connectivity index (χ0v) is 8.97. The SMILES string of the molecule is Cc1nc(CNCc2cccc(O)c2)no1. The predicted octanol–water partition coefficient (Wildman–Crippen LogP) is 1.37. The molecule has 0 aliphatic heterocycles. The van der Waals surface area contributed by atoms with Gasteiger partial charge in [0, 0.05) is 13.5 Å². The fourth-order valence-corrected chi connectivity index (χ4v) is 1.40. The van der Waals surface area contributed by atoms with E-state index in [1.54, 1.807) is 19.1 Å². The third-order valence-corrected chi connectivity index (χ3v) is 2.09. The highest BCUT2D eigenvalue weighted by Gasteiger charge is 2.01. The first-order valence-electron chi connectivity index (χ1n) is 5.02. The van der Waals surface area contributed by atoms with Gasteiger partial charge in [0.25, 0.3) is 0 Å². The van der Waals surface area contributed by atoms with Gasteiger partial charge in [0.05, 0.1) is 6.54 Å². The summed E-state index contributed by atoms with van der Waals surface area (Å²) in [7, 11) is 0. The molecule has 0 saturated carbocycles. The van der Waals surface area contributed by atoms with Gasteiger partial charge in [-0.3, -0.25) is 0 Å². The van der Waals surface area contributed by atoms with Crippen LogP contribution in [0.5, 0.6) is 5.75 Å². The Balaban J connectivity index is 1.84. The van der Waals surface area contributed by atoms with Crippen LogP contribution >= 0.6 is 0 Å². The normalized spacial score (nSPS) is 10.6. The minimum atomic E-state index is 0.273. The lowest BCUT2D eigenvalue weighted by Gasteiger charge is -2.02. The van der Waals surface area contributed by atoms with Crippen LogP contribution in [-0.4, -0.2) is 15.2 Å². The number of aromatic hydroxyl groups is 1. The lowest BCUT2D eigenvalue weighted by atomic mass is 10.2. The second-order valence-electron chi connectivity index (χ2n) is 3.50. The van der Waals surface area contributed by atoms with E-state index in [-0.39, 0.29) is 5.75 Å². The molecular weight excluding hydrogens is 206 g/mol. The van der Waals surface area contributed by atoms with Gasteiger partial charge < -0.3 is 14.9 Å². The first-order chi connectivity index (χ1) is 7.74. The number of rotatable bonds is 4. The Morgan fingerprint density at radius 2 is 2.25 bits per heavy atom. The van der Waals surface area contributed by atoms with E-state index in [4.69, 9.17) is 4.52 Å². The standard InChI is InChI=1S/C11H13N3O2/c1-8-13-11(14-16-8)7-12-6-9-3-2-4-10(15)5-9/h2-5,12,15H,6-7H2,1H3. The first kappa shape index (κ1) is 10.6. The van der Waals surface area contributed by atoms with Gasteiger partial charge in [-0.15, -0.1) is 0 Å². The van der Waals surface area contributed by atoms with Crippen LogP contribution < -0.4 is 5.32 Å². The number of phenols is 1. The fourth-order valence-electron chi connectivity index (χ4n) is 1.40. The Labute approximate surface area is 93.1 Å². The molecule has 0 aliphatic carbocycles. The van der Waals surface area contributed by atoms with E-state index in [0.29, 0.717) is 24.8 Å². The zero-order valence-electron chi connectivity index (χ0n) is 8.97. The van der Waals surface area contributed by atoms with Gasteiger partial charge in [-0.05, 0) is 17.7 Å². The van der Waals surface area contributed by atoms with E-state index in [9.17, 15) is 5.11 Å². The summed E-state index contributed by atoms with van der Waals surface area (Å²) in [6.07, 6.45) is 0. The van der Waals surface area contributed by atoms with Gasteiger partial charge in [0.15, 0.2) is 5.82 Å². The van der Waals surface area contributed by atoms with Crippen molar-refractivity contribution in [2.45, 2.75) is 20.0 Å². The molecule has 0 saturated heterocycles. The molecular formula is C11H13N3O2. The Morgan fingerprint density at radius 3 is 2.94 bits per heavy atom. The highest BCUT2D eigenvalue weighted by Crippen LogP contribution is 2.10. The summed E-state index contributed by atoms with van der Waals surface area (Å²) < 4.78 is 4.85. The summed E-state index contributed by atoms with van der Waals surface area (Å²) in [4.78, 5) is 4.07. The van der Waals surface area contributed by atoms with Crippen molar-refractivity contribution in [3.05, 3.63) is 41.5 Å². The van der Waals surface area contributed by atoms with Crippen molar-refractivity contribution in [1.82, 2.24) is 15.5 Å². The Hall–Kier alpha value is -1.88. The maximum absolute atomic E-state index is 9.27. The number of nitrogens with zero attached hydrogens (tertiary/aromatic N) is 2. The molecule has 1 aromatic heterocycles. The molecule has 0 amide bonds. The summed E-state index contributed by atoms with van der Waals surface area (Å²) >= 11 is 0. The number of nitrogens with one attached hydrogen (secondary N) is 1. The number of aryl methyl sites for hydroxylation is 1. The average Bonchev–Trinajstić information content (AvgIpc) is 2.64. The van der Waals surface area contributed by atoms with Crippen LogP contribution in [0.25, 0.3) is 0 Å². The topological polar surface area (TPSA) is 71.2 Å². The summed E-state index contributed by atoms with van der Waals surface area (Å²) in [5.41, 5.74) is 1.01. The van der Waals surface area contributed by atoms with Gasteiger partial charge >= 0.3 is 0 Å². The number of hydrogen-bond donors (Lipinski definition) is 2. The van der Waals surface area contributed by atoms with Crippen LogP contribution in [-0.2, 0) is 13.1 Å². The number of aromatic nitrogens is 2. The summed E-state index contributed by atoms with van der Waals surface area (Å²) in [6.45, 7) is 2.96. The second-order valence-corrected chi connectivity index (χ2v) is 3.50. The highest BCUT2D eigenvalue weighted by atomic mass is 16.5. The molecule has 0 spiro atoms. The molecule has 0 radical (unpaired) electrons. The number of phenolic OH excluding ortho intramolecular Hbond substituents is 1. The minimum Gasteiger partial charge on any atom is -0.508 e. The fraction of sp³-hybridized carbons (Fsp3) is 0.273. The molecule has 0 aliphatic rings. The monoisotopic (exact) mass is 219 g/mol. The predicted molar refractivity (Wildman–Crippen MR) is 57.7 cm³/mol. The van der Waals surface area contributed by atoms with E-state index in [0.717, 1.165) is 5.56 Å². The molecule has 0 unspecified atom stereocenters. The average molecular weight is 219 g/mol. The van der Waals surface area contributed by atoms with Crippen LogP contribution in [0.15, 0.2) is 28.8 Å². The smallest absolute Gasteiger partial charge is 0.223 e. The van der Waals surface area contributed by atoms with Crippen molar-refractivity contribution in [3.8, 4) is 5.75 Å². The van der Waals surface area contributed by atoms with Crippen molar-refractivity contribution in [3.63, 3.8) is 0 Å². The summed E-state index contributed by atoms with van der Waals surface area (Å²) in [6, 6.07) is 7.11. The zero-order chi connectivity index (χ0) is 11.4. The van der Waals surface area contributed by atoms with E-state index >= 15 is 0 Å². The lowest BCUT2D eigenvalue weighted by molar-refractivity contribution is 0.385. The quantitative estimate of drug-likeness (QED) is 0.812. The molecule has 1 aromatic carbocycles. The third kappa shape index (κ3) is 2.80. The van der Waals surface area contributed by atoms with Gasteiger partial charge in [-0.2, -0.15) is 4.98 Å². The summed E-state index contributed by atoms with van der Waals surface area (Å²) in [5.74, 6) is 1.47. The maximum atomic E-state index is 9.27. The maximum Gasteiger partial charge on any atom is 0.223 e. The van der Waals surface area contributed by atoms with E-state index in [1.165, 1.54) is 0 Å². The molecule has 0 fully saturated rings. The van der Waals surface area contributed by atoms with Crippen molar-refractivity contribution < 1.29 is 9.63 Å². The lowest BCUT2D eigenvalue weighted by Crippen LogP contribution is -2.13. The second kappa shape index (κ2) is 4.76. The molecule has 0 atom stereocenters. The first-order valence-corrected chi connectivity index (χ1v) is 5.02. The van der Waals surface area contributed by atoms with Crippen LogP contribution in [0.4, 0.5) is 0 Å². The van der Waals surface area contributed by atoms with Crippen LogP contribution in [0.1, 0.15) is 17.3 Å². The molecule has 84 valence electrons. The number of benzene rings is 1. The Bertz CT molecular complexity index is 468. The van der Waals surface area contributed by atoms with E-state index in [1.807, 2.05) is 12.1 Å².